The third-order valence-corrected chi connectivity index (χ3v) is 2.22. The van der Waals surface area contributed by atoms with Crippen molar-refractivity contribution in [3.63, 3.8) is 0 Å². The highest BCUT2D eigenvalue weighted by atomic mass is 19.1. The lowest BCUT2D eigenvalue weighted by Crippen LogP contribution is -2.01. The lowest BCUT2D eigenvalue weighted by Gasteiger charge is -2.04. The molecule has 1 heterocycles. The average molecular weight is 205 g/mol. The van der Waals surface area contributed by atoms with Gasteiger partial charge in [0, 0.05) is 11.8 Å². The lowest BCUT2D eigenvalue weighted by atomic mass is 10.3. The van der Waals surface area contributed by atoms with Crippen LogP contribution in [0, 0.1) is 5.82 Å². The molecule has 0 spiro atoms. The Morgan fingerprint density at radius 2 is 2.20 bits per heavy atom. The molecule has 0 aliphatic rings. The molecule has 1 aromatic heterocycles. The first-order valence-corrected chi connectivity index (χ1v) is 4.81. The van der Waals surface area contributed by atoms with Crippen molar-refractivity contribution in [1.82, 2.24) is 9.78 Å². The SMILES string of the molecule is CCc1cc(N)nn1-c1cccc(F)c1. The fraction of sp³-hybridized carbons (Fsp3) is 0.182. The van der Waals surface area contributed by atoms with E-state index in [2.05, 4.69) is 5.10 Å². The fourth-order valence-corrected chi connectivity index (χ4v) is 1.52. The molecule has 2 aromatic rings. The van der Waals surface area contributed by atoms with Gasteiger partial charge in [0.05, 0.1) is 5.69 Å². The number of aromatic nitrogens is 2. The van der Waals surface area contributed by atoms with E-state index >= 15 is 0 Å². The minimum absolute atomic E-state index is 0.274. The third-order valence-electron chi connectivity index (χ3n) is 2.22. The zero-order valence-electron chi connectivity index (χ0n) is 8.44. The second-order valence-electron chi connectivity index (χ2n) is 3.31. The molecule has 2 N–H and O–H groups in total. The molecular formula is C11H12FN3. The summed E-state index contributed by atoms with van der Waals surface area (Å²) in [7, 11) is 0. The molecule has 0 saturated heterocycles. The summed E-state index contributed by atoms with van der Waals surface area (Å²) in [5.74, 6) is 0.180. The predicted molar refractivity (Wildman–Crippen MR) is 57.3 cm³/mol. The van der Waals surface area contributed by atoms with Gasteiger partial charge >= 0.3 is 0 Å². The highest BCUT2D eigenvalue weighted by Crippen LogP contribution is 2.15. The van der Waals surface area contributed by atoms with Crippen molar-refractivity contribution < 1.29 is 4.39 Å². The Morgan fingerprint density at radius 1 is 1.40 bits per heavy atom. The quantitative estimate of drug-likeness (QED) is 0.816. The van der Waals surface area contributed by atoms with Gasteiger partial charge in [-0.1, -0.05) is 13.0 Å². The molecule has 0 amide bonds. The monoisotopic (exact) mass is 205 g/mol. The molecule has 2 rings (SSSR count). The largest absolute Gasteiger partial charge is 0.382 e. The van der Waals surface area contributed by atoms with Crippen LogP contribution in [0.25, 0.3) is 5.69 Å². The Labute approximate surface area is 87.3 Å². The molecule has 0 atom stereocenters. The van der Waals surface area contributed by atoms with Crippen molar-refractivity contribution in [2.75, 3.05) is 5.73 Å². The molecule has 0 aliphatic heterocycles. The van der Waals surface area contributed by atoms with Crippen LogP contribution in [0.5, 0.6) is 0 Å². The molecule has 0 radical (unpaired) electrons. The van der Waals surface area contributed by atoms with Crippen molar-refractivity contribution in [3.8, 4) is 5.69 Å². The molecule has 3 nitrogen and oxygen atoms in total. The number of rotatable bonds is 2. The van der Waals surface area contributed by atoms with Crippen LogP contribution in [0.3, 0.4) is 0 Å². The third kappa shape index (κ3) is 1.83. The molecule has 15 heavy (non-hydrogen) atoms. The van der Waals surface area contributed by atoms with Crippen LogP contribution in [-0.2, 0) is 6.42 Å². The zero-order chi connectivity index (χ0) is 10.8. The summed E-state index contributed by atoms with van der Waals surface area (Å²) >= 11 is 0. The Balaban J connectivity index is 2.53. The molecule has 1 aromatic carbocycles. The fourth-order valence-electron chi connectivity index (χ4n) is 1.52. The normalized spacial score (nSPS) is 10.5. The topological polar surface area (TPSA) is 43.8 Å². The Morgan fingerprint density at radius 3 is 2.87 bits per heavy atom. The number of hydrogen-bond donors (Lipinski definition) is 1. The first-order chi connectivity index (χ1) is 7.20. The lowest BCUT2D eigenvalue weighted by molar-refractivity contribution is 0.625. The smallest absolute Gasteiger partial charge is 0.146 e. The Kier molecular flexibility index (Phi) is 2.41. The Hall–Kier alpha value is -1.84. The second-order valence-corrected chi connectivity index (χ2v) is 3.31. The molecule has 78 valence electrons. The van der Waals surface area contributed by atoms with Gasteiger partial charge in [0.1, 0.15) is 11.6 Å². The van der Waals surface area contributed by atoms with E-state index in [1.54, 1.807) is 22.9 Å². The van der Waals surface area contributed by atoms with Gasteiger partial charge in [0.2, 0.25) is 0 Å². The maximum absolute atomic E-state index is 13.0. The molecule has 0 fully saturated rings. The van der Waals surface area contributed by atoms with E-state index in [1.807, 2.05) is 6.92 Å². The minimum Gasteiger partial charge on any atom is -0.382 e. The minimum atomic E-state index is -0.274. The van der Waals surface area contributed by atoms with Crippen molar-refractivity contribution >= 4 is 5.82 Å². The van der Waals surface area contributed by atoms with E-state index < -0.39 is 0 Å². The van der Waals surface area contributed by atoms with Crippen LogP contribution in [0.15, 0.2) is 30.3 Å². The van der Waals surface area contributed by atoms with E-state index in [0.29, 0.717) is 11.5 Å². The highest BCUT2D eigenvalue weighted by Gasteiger charge is 2.06. The highest BCUT2D eigenvalue weighted by molar-refractivity contribution is 5.39. The molecule has 0 unspecified atom stereocenters. The molecule has 0 aliphatic carbocycles. The van der Waals surface area contributed by atoms with E-state index in [0.717, 1.165) is 12.1 Å². The summed E-state index contributed by atoms with van der Waals surface area (Å²) in [6.45, 7) is 2.01. The van der Waals surface area contributed by atoms with Gasteiger partial charge in [-0.15, -0.1) is 0 Å². The number of nitrogens with zero attached hydrogens (tertiary/aromatic N) is 2. The van der Waals surface area contributed by atoms with Crippen molar-refractivity contribution in [3.05, 3.63) is 41.8 Å². The van der Waals surface area contributed by atoms with E-state index in [9.17, 15) is 4.39 Å². The molecular weight excluding hydrogens is 193 g/mol. The number of nitrogens with two attached hydrogens (primary N) is 1. The van der Waals surface area contributed by atoms with E-state index in [-0.39, 0.29) is 5.82 Å². The van der Waals surface area contributed by atoms with Gasteiger partial charge in [0.15, 0.2) is 0 Å². The van der Waals surface area contributed by atoms with Crippen LogP contribution >= 0.6 is 0 Å². The van der Waals surface area contributed by atoms with Crippen molar-refractivity contribution in [1.29, 1.82) is 0 Å². The summed E-state index contributed by atoms with van der Waals surface area (Å²) in [6, 6.07) is 8.09. The molecule has 0 saturated carbocycles. The zero-order valence-corrected chi connectivity index (χ0v) is 8.44. The summed E-state index contributed by atoms with van der Waals surface area (Å²) in [6.07, 6.45) is 0.806. The molecule has 0 bridgehead atoms. The van der Waals surface area contributed by atoms with Gasteiger partial charge in [-0.2, -0.15) is 5.10 Å². The first kappa shape index (κ1) is 9.71. The predicted octanol–water partition coefficient (Wildman–Crippen LogP) is 2.16. The van der Waals surface area contributed by atoms with Gasteiger partial charge < -0.3 is 5.73 Å². The van der Waals surface area contributed by atoms with Gasteiger partial charge in [-0.3, -0.25) is 0 Å². The standard InChI is InChI=1S/C11H12FN3/c1-2-9-7-11(13)14-15(9)10-5-3-4-8(12)6-10/h3-7H,2H2,1H3,(H2,13,14). The Bertz CT molecular complexity index is 476. The van der Waals surface area contributed by atoms with E-state index in [4.69, 9.17) is 5.73 Å². The molecule has 4 heteroatoms. The number of benzene rings is 1. The number of anilines is 1. The van der Waals surface area contributed by atoms with Crippen LogP contribution in [0.4, 0.5) is 10.2 Å². The maximum Gasteiger partial charge on any atom is 0.146 e. The first-order valence-electron chi connectivity index (χ1n) is 4.81. The summed E-state index contributed by atoms with van der Waals surface area (Å²) < 4.78 is 14.7. The summed E-state index contributed by atoms with van der Waals surface area (Å²) in [4.78, 5) is 0. The van der Waals surface area contributed by atoms with Gasteiger partial charge in [-0.25, -0.2) is 9.07 Å². The number of nitrogen functional groups attached to an aromatic ring is 1. The summed E-state index contributed by atoms with van der Waals surface area (Å²) in [5, 5.41) is 4.12. The van der Waals surface area contributed by atoms with Crippen LogP contribution in [0.1, 0.15) is 12.6 Å². The van der Waals surface area contributed by atoms with E-state index in [1.165, 1.54) is 12.1 Å². The van der Waals surface area contributed by atoms with Gasteiger partial charge in [0.25, 0.3) is 0 Å². The average Bonchev–Trinajstić information content (AvgIpc) is 2.59. The van der Waals surface area contributed by atoms with Crippen molar-refractivity contribution in [2.24, 2.45) is 0 Å². The van der Waals surface area contributed by atoms with Crippen LogP contribution in [0.2, 0.25) is 0 Å². The second kappa shape index (κ2) is 3.73. The van der Waals surface area contributed by atoms with Crippen LogP contribution in [-0.4, -0.2) is 9.78 Å². The number of halogens is 1. The van der Waals surface area contributed by atoms with Gasteiger partial charge in [-0.05, 0) is 24.6 Å². The number of hydrogen-bond acceptors (Lipinski definition) is 2. The summed E-state index contributed by atoms with van der Waals surface area (Å²) in [5.41, 5.74) is 7.27. The maximum atomic E-state index is 13.0. The number of aryl methyl sites for hydroxylation is 1. The van der Waals surface area contributed by atoms with Crippen molar-refractivity contribution in [2.45, 2.75) is 13.3 Å². The van der Waals surface area contributed by atoms with Crippen LogP contribution < -0.4 is 5.73 Å².